The molecule has 0 spiro atoms. The van der Waals surface area contributed by atoms with E-state index in [9.17, 15) is 14.0 Å². The number of pyridine rings is 2. The molecule has 0 atom stereocenters. The molecule has 2 aromatic heterocycles. The molecule has 2 amide bonds. The van der Waals surface area contributed by atoms with Crippen molar-refractivity contribution in [1.29, 1.82) is 0 Å². The van der Waals surface area contributed by atoms with E-state index in [0.717, 1.165) is 11.4 Å². The van der Waals surface area contributed by atoms with Crippen LogP contribution in [0.4, 0.5) is 15.0 Å². The fraction of sp³-hybridized carbons (Fsp3) is 0.429. The predicted octanol–water partition coefficient (Wildman–Crippen LogP) is 5.05. The number of carbonyl (C=O) groups is 2. The maximum Gasteiger partial charge on any atom is 0.408 e. The van der Waals surface area contributed by atoms with E-state index in [4.69, 9.17) is 21.1 Å². The highest BCUT2D eigenvalue weighted by Gasteiger charge is 2.36. The van der Waals surface area contributed by atoms with Gasteiger partial charge in [0.05, 0.1) is 23.3 Å². The Kier molecular flexibility index (Phi) is 7.88. The second kappa shape index (κ2) is 10.8. The molecule has 11 heteroatoms. The van der Waals surface area contributed by atoms with E-state index < -0.39 is 23.1 Å². The first-order chi connectivity index (χ1) is 18.3. The van der Waals surface area contributed by atoms with Gasteiger partial charge in [0.15, 0.2) is 11.6 Å². The standard InChI is InChI=1S/C28H33ClFN5O4/c1-27(2,3)39-26(37)33-28(4,5)25(36)35-11-9-34(10-12-35)24-8-7-17(16-31-24)21-14-19(29)18-13-20(30)23(38-6)15-22(18)32-21/h7-8,13-16H,9-12H2,1-6H3,(H,33,37). The molecule has 1 aromatic carbocycles. The molecule has 9 nitrogen and oxygen atoms in total. The van der Waals surface area contributed by atoms with Gasteiger partial charge in [-0.25, -0.2) is 19.2 Å². The van der Waals surface area contributed by atoms with Gasteiger partial charge in [0.25, 0.3) is 0 Å². The van der Waals surface area contributed by atoms with E-state index in [1.54, 1.807) is 51.8 Å². The average molecular weight is 558 g/mol. The zero-order valence-electron chi connectivity index (χ0n) is 23.0. The van der Waals surface area contributed by atoms with Crippen LogP contribution in [0.1, 0.15) is 34.6 Å². The molecular formula is C28H33ClFN5O4. The highest BCUT2D eigenvalue weighted by molar-refractivity contribution is 6.35. The first-order valence-corrected chi connectivity index (χ1v) is 13.0. The monoisotopic (exact) mass is 557 g/mol. The Balaban J connectivity index is 1.41. The number of benzene rings is 1. The molecule has 3 aromatic rings. The summed E-state index contributed by atoms with van der Waals surface area (Å²) in [7, 11) is 1.40. The number of alkyl carbamates (subject to hydrolysis) is 1. The highest BCUT2D eigenvalue weighted by Crippen LogP contribution is 2.32. The highest BCUT2D eigenvalue weighted by atomic mass is 35.5. The van der Waals surface area contributed by atoms with Gasteiger partial charge < -0.3 is 24.6 Å². The summed E-state index contributed by atoms with van der Waals surface area (Å²) in [5.41, 5.74) is 0.129. The van der Waals surface area contributed by atoms with Gasteiger partial charge in [-0.1, -0.05) is 11.6 Å². The second-order valence-electron chi connectivity index (χ2n) is 10.9. The largest absolute Gasteiger partial charge is 0.494 e. The molecule has 1 aliphatic heterocycles. The van der Waals surface area contributed by atoms with Gasteiger partial charge in [-0.05, 0) is 58.9 Å². The molecule has 1 N–H and O–H groups in total. The van der Waals surface area contributed by atoms with Crippen LogP contribution < -0.4 is 15.0 Å². The van der Waals surface area contributed by atoms with Crippen molar-refractivity contribution in [3.05, 3.63) is 47.4 Å². The van der Waals surface area contributed by atoms with Crippen molar-refractivity contribution in [2.24, 2.45) is 0 Å². The number of halogens is 2. The Labute approximate surface area is 232 Å². The van der Waals surface area contributed by atoms with Crippen molar-refractivity contribution in [3.8, 4) is 17.0 Å². The number of carbonyl (C=O) groups excluding carboxylic acids is 2. The minimum atomic E-state index is -1.10. The summed E-state index contributed by atoms with van der Waals surface area (Å²) in [4.78, 5) is 38.4. The second-order valence-corrected chi connectivity index (χ2v) is 11.3. The number of nitrogens with zero attached hydrogens (tertiary/aromatic N) is 4. The molecule has 0 unspecified atom stereocenters. The van der Waals surface area contributed by atoms with Crippen LogP contribution >= 0.6 is 11.6 Å². The summed E-state index contributed by atoms with van der Waals surface area (Å²) in [5, 5.41) is 3.56. The third-order valence-electron chi connectivity index (χ3n) is 6.31. The normalized spacial score (nSPS) is 14.4. The topological polar surface area (TPSA) is 96.9 Å². The lowest BCUT2D eigenvalue weighted by Crippen LogP contribution is -2.60. The minimum Gasteiger partial charge on any atom is -0.494 e. The van der Waals surface area contributed by atoms with Crippen molar-refractivity contribution >= 4 is 40.3 Å². The lowest BCUT2D eigenvalue weighted by Gasteiger charge is -2.39. The van der Waals surface area contributed by atoms with Gasteiger partial charge in [-0.3, -0.25) is 4.79 Å². The molecule has 1 aliphatic rings. The quantitative estimate of drug-likeness (QED) is 0.469. The summed E-state index contributed by atoms with van der Waals surface area (Å²) in [5.74, 6) is 0.190. The first kappa shape index (κ1) is 28.4. The van der Waals surface area contributed by atoms with Gasteiger partial charge >= 0.3 is 6.09 Å². The zero-order chi connectivity index (χ0) is 28.5. The van der Waals surface area contributed by atoms with Crippen molar-refractivity contribution in [1.82, 2.24) is 20.2 Å². The number of amides is 2. The molecular weight excluding hydrogens is 525 g/mol. The van der Waals surface area contributed by atoms with Gasteiger partial charge in [0.1, 0.15) is 17.0 Å². The van der Waals surface area contributed by atoms with Gasteiger partial charge in [-0.15, -0.1) is 0 Å². The van der Waals surface area contributed by atoms with E-state index in [0.29, 0.717) is 47.8 Å². The Bertz CT molecular complexity index is 1380. The van der Waals surface area contributed by atoms with E-state index in [1.165, 1.54) is 19.2 Å². The third kappa shape index (κ3) is 6.50. The fourth-order valence-electron chi connectivity index (χ4n) is 4.36. The summed E-state index contributed by atoms with van der Waals surface area (Å²) in [6, 6.07) is 8.31. The Morgan fingerprint density at radius 1 is 1.05 bits per heavy atom. The van der Waals surface area contributed by atoms with Crippen LogP contribution in [0.5, 0.6) is 5.75 Å². The third-order valence-corrected chi connectivity index (χ3v) is 6.63. The average Bonchev–Trinajstić information content (AvgIpc) is 2.87. The molecule has 1 saturated heterocycles. The molecule has 4 rings (SSSR count). The van der Waals surface area contributed by atoms with Crippen LogP contribution in [0.15, 0.2) is 36.5 Å². The maximum absolute atomic E-state index is 14.1. The predicted molar refractivity (Wildman–Crippen MR) is 149 cm³/mol. The lowest BCUT2D eigenvalue weighted by molar-refractivity contribution is -0.137. The van der Waals surface area contributed by atoms with Crippen LogP contribution in [0.3, 0.4) is 0 Å². The SMILES string of the molecule is COc1cc2nc(-c3ccc(N4CCN(C(=O)C(C)(C)NC(=O)OC(C)(C)C)CC4)nc3)cc(Cl)c2cc1F. The maximum atomic E-state index is 14.1. The summed E-state index contributed by atoms with van der Waals surface area (Å²) < 4.78 is 24.5. The number of anilines is 1. The van der Waals surface area contributed by atoms with Gasteiger partial charge in [0, 0.05) is 49.4 Å². The summed E-state index contributed by atoms with van der Waals surface area (Å²) in [6.45, 7) is 10.8. The molecule has 0 saturated carbocycles. The van der Waals surface area contributed by atoms with Crippen LogP contribution in [-0.4, -0.2) is 71.3 Å². The number of hydrogen-bond acceptors (Lipinski definition) is 7. The molecule has 3 heterocycles. The van der Waals surface area contributed by atoms with E-state index in [-0.39, 0.29) is 11.7 Å². The number of fused-ring (bicyclic) bond motifs is 1. The van der Waals surface area contributed by atoms with Crippen LogP contribution in [0.25, 0.3) is 22.2 Å². The number of methoxy groups -OCH3 is 1. The smallest absolute Gasteiger partial charge is 0.408 e. The van der Waals surface area contributed by atoms with E-state index in [1.807, 2.05) is 12.1 Å². The minimum absolute atomic E-state index is 0.0957. The number of hydrogen-bond donors (Lipinski definition) is 1. The molecule has 0 radical (unpaired) electrons. The number of aromatic nitrogens is 2. The van der Waals surface area contributed by atoms with Crippen LogP contribution in [0, 0.1) is 5.82 Å². The van der Waals surface area contributed by atoms with Crippen molar-refractivity contribution in [2.45, 2.75) is 45.8 Å². The van der Waals surface area contributed by atoms with Crippen molar-refractivity contribution in [3.63, 3.8) is 0 Å². The zero-order valence-corrected chi connectivity index (χ0v) is 23.7. The lowest BCUT2D eigenvalue weighted by atomic mass is 10.0. The number of ether oxygens (including phenoxy) is 2. The van der Waals surface area contributed by atoms with Crippen LogP contribution in [0.2, 0.25) is 5.02 Å². The first-order valence-electron chi connectivity index (χ1n) is 12.6. The molecule has 0 bridgehead atoms. The van der Waals surface area contributed by atoms with E-state index in [2.05, 4.69) is 20.2 Å². The summed E-state index contributed by atoms with van der Waals surface area (Å²) in [6.07, 6.45) is 1.09. The molecule has 1 fully saturated rings. The Hall–Kier alpha value is -3.66. The summed E-state index contributed by atoms with van der Waals surface area (Å²) >= 11 is 6.42. The Morgan fingerprint density at radius 3 is 2.33 bits per heavy atom. The fourth-order valence-corrected chi connectivity index (χ4v) is 4.62. The molecule has 39 heavy (non-hydrogen) atoms. The Morgan fingerprint density at radius 2 is 1.74 bits per heavy atom. The van der Waals surface area contributed by atoms with E-state index >= 15 is 0 Å². The van der Waals surface area contributed by atoms with Gasteiger partial charge in [-0.2, -0.15) is 0 Å². The van der Waals surface area contributed by atoms with Gasteiger partial charge in [0.2, 0.25) is 5.91 Å². The number of rotatable bonds is 5. The molecule has 0 aliphatic carbocycles. The van der Waals surface area contributed by atoms with Crippen molar-refractivity contribution < 1.29 is 23.5 Å². The number of nitrogens with one attached hydrogen (secondary N) is 1. The molecule has 208 valence electrons. The van der Waals surface area contributed by atoms with Crippen LogP contribution in [-0.2, 0) is 9.53 Å². The van der Waals surface area contributed by atoms with Crippen molar-refractivity contribution in [2.75, 3.05) is 38.2 Å². The number of piperazine rings is 1.